The minimum absolute atomic E-state index is 0.944. The van der Waals surface area contributed by atoms with Crippen molar-refractivity contribution in [3.8, 4) is 66.8 Å². The number of aryl methyl sites for hydroxylation is 4. The van der Waals surface area contributed by atoms with Gasteiger partial charge in [-0.1, -0.05) is 267 Å². The molecule has 0 unspecified atom stereocenters. The SMILES string of the molecule is Cc1ccc2c(c1)sc1cc(N(c3ccc(-c4ccc(-c5ccccc5)cc4)c(-c4ccccc4)c3)c3ccc4c(c3)sc3cc(CCc5ccc6c(c5)sc5cc(N(c7ccc(-c8ccc(-c9cccc%10ccccc9%10)cc8)c(-c8ccccc8)c7)c7ccc8c(c7)sc7cc(C)ccc78)ccc56)ccc34)ccc12. The van der Waals surface area contributed by atoms with Gasteiger partial charge in [0.2, 0.25) is 0 Å². The Balaban J connectivity index is 0.602. The lowest BCUT2D eigenvalue weighted by Gasteiger charge is -2.27. The summed E-state index contributed by atoms with van der Waals surface area (Å²) in [5.41, 5.74) is 26.4. The predicted molar refractivity (Wildman–Crippen MR) is 481 cm³/mol. The zero-order chi connectivity index (χ0) is 72.9. The van der Waals surface area contributed by atoms with Gasteiger partial charge in [0, 0.05) is 115 Å². The van der Waals surface area contributed by atoms with Crippen molar-refractivity contribution in [1.29, 1.82) is 0 Å². The number of benzene rings is 17. The van der Waals surface area contributed by atoms with Crippen LogP contribution >= 0.6 is 45.3 Å². The number of hydrogen-bond acceptors (Lipinski definition) is 6. The van der Waals surface area contributed by atoms with Crippen molar-refractivity contribution < 1.29 is 0 Å². The summed E-state index contributed by atoms with van der Waals surface area (Å²) in [7, 11) is 0. The van der Waals surface area contributed by atoms with Crippen molar-refractivity contribution in [2.45, 2.75) is 26.7 Å². The van der Waals surface area contributed by atoms with Crippen LogP contribution in [0.1, 0.15) is 22.3 Å². The Morgan fingerprint density at radius 2 is 0.482 bits per heavy atom. The smallest absolute Gasteiger partial charge is 0.0476 e. The van der Waals surface area contributed by atoms with Crippen molar-refractivity contribution in [2.24, 2.45) is 0 Å². The summed E-state index contributed by atoms with van der Waals surface area (Å²) in [6.45, 7) is 4.38. The highest BCUT2D eigenvalue weighted by Gasteiger charge is 2.23. The fourth-order valence-corrected chi connectivity index (χ4v) is 21.6. The molecule has 4 heterocycles. The minimum Gasteiger partial charge on any atom is -0.310 e. The maximum absolute atomic E-state index is 2.48. The lowest BCUT2D eigenvalue weighted by molar-refractivity contribution is 0.965. The Labute approximate surface area is 655 Å². The summed E-state index contributed by atoms with van der Waals surface area (Å²) >= 11 is 7.57. The van der Waals surface area contributed by atoms with Crippen LogP contribution in [0.15, 0.2) is 364 Å². The average Bonchev–Trinajstić information content (AvgIpc) is 1.48. The molecule has 0 radical (unpaired) electrons. The third kappa shape index (κ3) is 11.9. The van der Waals surface area contributed by atoms with E-state index in [1.807, 2.05) is 45.3 Å². The lowest BCUT2D eigenvalue weighted by atomic mass is 9.91. The maximum Gasteiger partial charge on any atom is 0.0476 e. The molecule has 0 amide bonds. The standard InChI is InChI=1S/C104H70N2S4/c1-65-25-45-87-91-51-41-79(61-101(91)107-97(87)55-65)105(77-39-49-85(95(59-77)72-17-8-4-9-18-72)75-33-31-70(32-34-75)69-15-6-3-7-16-69)81-43-53-93-89-47-29-67(57-99(89)109-103(93)63-81)27-28-68-30-48-90-94-54-44-82(64-104(94)110-100(90)58-68)106(80-42-52-92-88-46-26-66(2)56-98(88)108-102(92)62-80)78-40-50-86(96(60-78)73-19-10-5-11-20-73)76-37-35-74(36-38-76)84-24-14-22-71-21-12-13-23-83(71)84/h3-26,29-64H,27-28H2,1-2H3. The van der Waals surface area contributed by atoms with E-state index in [1.165, 1.54) is 180 Å². The van der Waals surface area contributed by atoms with E-state index in [0.717, 1.165) is 47.0 Å². The molecule has 6 heteroatoms. The van der Waals surface area contributed by atoms with Crippen molar-refractivity contribution in [3.63, 3.8) is 0 Å². The molecule has 0 fully saturated rings. The van der Waals surface area contributed by atoms with Crippen LogP contribution in [0.4, 0.5) is 34.1 Å². The molecule has 21 rings (SSSR count). The normalized spacial score (nSPS) is 11.8. The van der Waals surface area contributed by atoms with Gasteiger partial charge in [0.15, 0.2) is 0 Å². The van der Waals surface area contributed by atoms with E-state index >= 15 is 0 Å². The molecule has 0 saturated carbocycles. The molecule has 0 N–H and O–H groups in total. The molecule has 4 aromatic heterocycles. The summed E-state index contributed by atoms with van der Waals surface area (Å²) in [5.74, 6) is 0. The first-order chi connectivity index (χ1) is 54.2. The van der Waals surface area contributed by atoms with Crippen LogP contribution in [0.25, 0.3) is 158 Å². The first-order valence-corrected chi connectivity index (χ1v) is 41.0. The second-order valence-corrected chi connectivity index (χ2v) is 33.5. The topological polar surface area (TPSA) is 6.48 Å². The predicted octanol–water partition coefficient (Wildman–Crippen LogP) is 31.7. The monoisotopic (exact) mass is 1470 g/mol. The van der Waals surface area contributed by atoms with E-state index in [-0.39, 0.29) is 0 Å². The molecule has 110 heavy (non-hydrogen) atoms. The van der Waals surface area contributed by atoms with Gasteiger partial charge in [-0.25, -0.2) is 0 Å². The summed E-state index contributed by atoms with van der Waals surface area (Å²) in [6, 6.07) is 137. The van der Waals surface area contributed by atoms with Gasteiger partial charge in [0.1, 0.15) is 0 Å². The number of rotatable bonds is 15. The second-order valence-electron chi connectivity index (χ2n) is 29.2. The van der Waals surface area contributed by atoms with Crippen LogP contribution in [0, 0.1) is 13.8 Å². The molecule has 0 aliphatic carbocycles. The van der Waals surface area contributed by atoms with E-state index in [2.05, 4.69) is 388 Å². The molecule has 0 atom stereocenters. The average molecular weight is 1480 g/mol. The largest absolute Gasteiger partial charge is 0.310 e. The van der Waals surface area contributed by atoms with Crippen molar-refractivity contribution in [2.75, 3.05) is 9.80 Å². The first kappa shape index (κ1) is 65.7. The molecule has 520 valence electrons. The molecule has 2 nitrogen and oxygen atoms in total. The Bertz CT molecular complexity index is 7160. The van der Waals surface area contributed by atoms with Crippen LogP contribution in [-0.2, 0) is 12.8 Å². The summed E-state index contributed by atoms with van der Waals surface area (Å²) < 4.78 is 10.4. The maximum atomic E-state index is 2.48. The fraction of sp³-hybridized carbons (Fsp3) is 0.0385. The molecule has 0 aliphatic heterocycles. The zero-order valence-electron chi connectivity index (χ0n) is 60.6. The highest BCUT2D eigenvalue weighted by molar-refractivity contribution is 7.27. The van der Waals surface area contributed by atoms with Gasteiger partial charge in [-0.3, -0.25) is 0 Å². The molecule has 0 spiro atoms. The molecule has 0 bridgehead atoms. The molecular weight excluding hydrogens is 1410 g/mol. The molecule has 17 aromatic carbocycles. The molecule has 21 aromatic rings. The zero-order valence-corrected chi connectivity index (χ0v) is 63.8. The van der Waals surface area contributed by atoms with Gasteiger partial charge in [0.25, 0.3) is 0 Å². The first-order valence-electron chi connectivity index (χ1n) is 37.8. The Morgan fingerprint density at radius 1 is 0.191 bits per heavy atom. The number of fused-ring (bicyclic) bond motifs is 13. The van der Waals surface area contributed by atoms with E-state index in [4.69, 9.17) is 0 Å². The van der Waals surface area contributed by atoms with Gasteiger partial charge in [-0.05, 0) is 224 Å². The highest BCUT2D eigenvalue weighted by Crippen LogP contribution is 2.50. The highest BCUT2D eigenvalue weighted by atomic mass is 32.1. The van der Waals surface area contributed by atoms with Gasteiger partial charge in [-0.15, -0.1) is 45.3 Å². The van der Waals surface area contributed by atoms with Crippen LogP contribution in [-0.4, -0.2) is 0 Å². The Kier molecular flexibility index (Phi) is 16.3. The van der Waals surface area contributed by atoms with Gasteiger partial charge >= 0.3 is 0 Å². The Morgan fingerprint density at radius 3 is 0.900 bits per heavy atom. The summed E-state index contributed by atoms with van der Waals surface area (Å²) in [5, 5.41) is 12.9. The van der Waals surface area contributed by atoms with Crippen LogP contribution in [0.3, 0.4) is 0 Å². The third-order valence-corrected chi connectivity index (χ3v) is 26.8. The Hall–Kier alpha value is -12.5. The van der Waals surface area contributed by atoms with E-state index < -0.39 is 0 Å². The second kappa shape index (κ2) is 27.3. The van der Waals surface area contributed by atoms with Gasteiger partial charge in [0.05, 0.1) is 0 Å². The summed E-state index contributed by atoms with van der Waals surface area (Å²) in [4.78, 5) is 4.96. The lowest BCUT2D eigenvalue weighted by Crippen LogP contribution is -2.10. The molecule has 0 saturated heterocycles. The number of nitrogens with zero attached hydrogens (tertiary/aromatic N) is 2. The molecule has 0 aliphatic rings. The van der Waals surface area contributed by atoms with Crippen molar-refractivity contribution in [1.82, 2.24) is 0 Å². The van der Waals surface area contributed by atoms with Crippen molar-refractivity contribution in [3.05, 3.63) is 386 Å². The van der Waals surface area contributed by atoms with Crippen LogP contribution in [0.2, 0.25) is 0 Å². The van der Waals surface area contributed by atoms with Crippen LogP contribution in [0.5, 0.6) is 0 Å². The van der Waals surface area contributed by atoms with Gasteiger partial charge in [-0.2, -0.15) is 0 Å². The van der Waals surface area contributed by atoms with Crippen LogP contribution < -0.4 is 9.80 Å². The molecular formula is C104H70N2S4. The van der Waals surface area contributed by atoms with E-state index in [1.54, 1.807) is 0 Å². The third-order valence-electron chi connectivity index (χ3n) is 22.3. The summed E-state index contributed by atoms with van der Waals surface area (Å²) in [6.07, 6.45) is 1.89. The van der Waals surface area contributed by atoms with Gasteiger partial charge < -0.3 is 9.80 Å². The van der Waals surface area contributed by atoms with Crippen molar-refractivity contribution >= 4 is 171 Å². The van der Waals surface area contributed by atoms with E-state index in [9.17, 15) is 0 Å². The number of thiophene rings is 4. The van der Waals surface area contributed by atoms with E-state index in [0.29, 0.717) is 0 Å². The minimum atomic E-state index is 0.944. The number of anilines is 6. The quantitative estimate of drug-likeness (QED) is 0.101. The number of hydrogen-bond donors (Lipinski definition) is 0. The fourth-order valence-electron chi connectivity index (χ4n) is 16.8.